The summed E-state index contributed by atoms with van der Waals surface area (Å²) in [5, 5.41) is 3.06. The summed E-state index contributed by atoms with van der Waals surface area (Å²) in [6.07, 6.45) is 11.8. The van der Waals surface area contributed by atoms with E-state index in [-0.39, 0.29) is 0 Å². The van der Waals surface area contributed by atoms with Crippen molar-refractivity contribution in [3.05, 3.63) is 60.3 Å². The number of unbranched alkanes of at least 4 members (excludes halogenated alkanes) is 3. The van der Waals surface area contributed by atoms with E-state index in [9.17, 15) is 0 Å². The number of hydrogen-bond donors (Lipinski definition) is 2. The summed E-state index contributed by atoms with van der Waals surface area (Å²) >= 11 is 0. The molecular formula is C20H31N3. The van der Waals surface area contributed by atoms with E-state index < -0.39 is 0 Å². The summed E-state index contributed by atoms with van der Waals surface area (Å²) in [4.78, 5) is 4.31. The fourth-order valence-electron chi connectivity index (χ4n) is 2.31. The maximum Gasteiger partial charge on any atom is 0.192 e. The van der Waals surface area contributed by atoms with Gasteiger partial charge in [-0.2, -0.15) is 0 Å². The lowest BCUT2D eigenvalue weighted by atomic mass is 10.0. The molecule has 1 aromatic carbocycles. The molecule has 0 spiro atoms. The molecule has 0 fully saturated rings. The molecule has 0 amide bonds. The van der Waals surface area contributed by atoms with Crippen LogP contribution in [0, 0.1) is 0 Å². The van der Waals surface area contributed by atoms with Crippen molar-refractivity contribution in [2.24, 2.45) is 10.7 Å². The van der Waals surface area contributed by atoms with Gasteiger partial charge in [0.2, 0.25) is 0 Å². The molecule has 0 aliphatic heterocycles. The highest BCUT2D eigenvalue weighted by Crippen LogP contribution is 2.11. The maximum absolute atomic E-state index is 5.85. The van der Waals surface area contributed by atoms with Gasteiger partial charge in [0.15, 0.2) is 5.96 Å². The Morgan fingerprint density at radius 3 is 2.65 bits per heavy atom. The fourth-order valence-corrected chi connectivity index (χ4v) is 2.31. The van der Waals surface area contributed by atoms with Gasteiger partial charge in [0.05, 0.1) is 0 Å². The Bertz CT molecular complexity index is 489. The third-order valence-corrected chi connectivity index (χ3v) is 3.74. The van der Waals surface area contributed by atoms with E-state index in [2.05, 4.69) is 54.1 Å². The van der Waals surface area contributed by atoms with Gasteiger partial charge in [0.25, 0.3) is 0 Å². The van der Waals surface area contributed by atoms with Gasteiger partial charge in [-0.25, -0.2) is 0 Å². The second kappa shape index (κ2) is 12.5. The van der Waals surface area contributed by atoms with Crippen LogP contribution in [0.1, 0.15) is 51.0 Å². The van der Waals surface area contributed by atoms with Gasteiger partial charge in [0.1, 0.15) is 0 Å². The monoisotopic (exact) mass is 313 g/mol. The average Bonchev–Trinajstić information content (AvgIpc) is 2.59. The summed E-state index contributed by atoms with van der Waals surface area (Å²) in [5.74, 6) is 0.490. The molecular weight excluding hydrogens is 282 g/mol. The van der Waals surface area contributed by atoms with Crippen molar-refractivity contribution in [1.29, 1.82) is 0 Å². The van der Waals surface area contributed by atoms with Crippen molar-refractivity contribution in [1.82, 2.24) is 5.32 Å². The molecule has 0 bridgehead atoms. The van der Waals surface area contributed by atoms with Crippen LogP contribution in [0.5, 0.6) is 0 Å². The minimum atomic E-state index is 0.490. The number of nitrogens with two attached hydrogens (primary N) is 1. The highest BCUT2D eigenvalue weighted by atomic mass is 15.1. The van der Waals surface area contributed by atoms with Gasteiger partial charge in [-0.05, 0) is 43.2 Å². The average molecular weight is 313 g/mol. The minimum Gasteiger partial charge on any atom is -0.370 e. The molecule has 0 heterocycles. The first kappa shape index (κ1) is 19.0. The predicted octanol–water partition coefficient (Wildman–Crippen LogP) is 4.56. The number of allylic oxidation sites excluding steroid dienone is 2. The van der Waals surface area contributed by atoms with Crippen molar-refractivity contribution in [3.63, 3.8) is 0 Å². The molecule has 0 unspecified atom stereocenters. The molecule has 0 atom stereocenters. The Morgan fingerprint density at radius 2 is 1.96 bits per heavy atom. The smallest absolute Gasteiger partial charge is 0.192 e. The number of hydrogen-bond acceptors (Lipinski definition) is 1. The number of guanidine groups is 1. The van der Waals surface area contributed by atoms with Crippen molar-refractivity contribution in [2.45, 2.75) is 51.9 Å². The van der Waals surface area contributed by atoms with Gasteiger partial charge in [-0.1, -0.05) is 62.8 Å². The van der Waals surface area contributed by atoms with Gasteiger partial charge in [0, 0.05) is 12.7 Å². The Labute approximate surface area is 141 Å². The van der Waals surface area contributed by atoms with E-state index >= 15 is 0 Å². The van der Waals surface area contributed by atoms with Crippen molar-refractivity contribution >= 4 is 5.96 Å². The molecule has 0 aliphatic rings. The molecule has 0 saturated heterocycles. The molecule has 3 heteroatoms. The van der Waals surface area contributed by atoms with Gasteiger partial charge in [-0.3, -0.25) is 4.99 Å². The van der Waals surface area contributed by atoms with Crippen molar-refractivity contribution < 1.29 is 0 Å². The van der Waals surface area contributed by atoms with Crippen LogP contribution in [0.2, 0.25) is 0 Å². The number of benzene rings is 1. The second-order valence-corrected chi connectivity index (χ2v) is 5.73. The first-order valence-electron chi connectivity index (χ1n) is 8.68. The van der Waals surface area contributed by atoms with E-state index in [1.165, 1.54) is 30.4 Å². The lowest BCUT2D eigenvalue weighted by Crippen LogP contribution is -2.27. The van der Waals surface area contributed by atoms with E-state index in [4.69, 9.17) is 5.73 Å². The van der Waals surface area contributed by atoms with Gasteiger partial charge < -0.3 is 11.1 Å². The third kappa shape index (κ3) is 9.56. The SMILES string of the molecule is C=C/C(=C\NC(N)=NCCCCC)CCCCc1ccccc1. The molecule has 3 nitrogen and oxygen atoms in total. The van der Waals surface area contributed by atoms with Crippen LogP contribution in [-0.2, 0) is 6.42 Å². The van der Waals surface area contributed by atoms with Crippen LogP contribution in [0.3, 0.4) is 0 Å². The lowest BCUT2D eigenvalue weighted by molar-refractivity contribution is 0.725. The number of nitrogens with zero attached hydrogens (tertiary/aromatic N) is 1. The maximum atomic E-state index is 5.85. The summed E-state index contributed by atoms with van der Waals surface area (Å²) in [6.45, 7) is 6.85. The topological polar surface area (TPSA) is 50.4 Å². The Hall–Kier alpha value is -2.03. The van der Waals surface area contributed by atoms with Crippen LogP contribution >= 0.6 is 0 Å². The van der Waals surface area contributed by atoms with Crippen LogP contribution < -0.4 is 11.1 Å². The fraction of sp³-hybridized carbons (Fsp3) is 0.450. The summed E-state index contributed by atoms with van der Waals surface area (Å²) < 4.78 is 0. The molecule has 0 aliphatic carbocycles. The third-order valence-electron chi connectivity index (χ3n) is 3.74. The molecule has 0 radical (unpaired) electrons. The van der Waals surface area contributed by atoms with Crippen molar-refractivity contribution in [3.8, 4) is 0 Å². The molecule has 0 saturated carbocycles. The quantitative estimate of drug-likeness (QED) is 0.272. The predicted molar refractivity (Wildman–Crippen MR) is 101 cm³/mol. The molecule has 3 N–H and O–H groups in total. The van der Waals surface area contributed by atoms with Gasteiger partial charge in [-0.15, -0.1) is 0 Å². The first-order valence-corrected chi connectivity index (χ1v) is 8.68. The van der Waals surface area contributed by atoms with Crippen LogP contribution in [0.4, 0.5) is 0 Å². The van der Waals surface area contributed by atoms with E-state index in [1.54, 1.807) is 0 Å². The largest absolute Gasteiger partial charge is 0.370 e. The standard InChI is InChI=1S/C20H31N3/c1-3-5-11-16-22-20(21)23-17-18(4-2)12-9-10-15-19-13-7-6-8-14-19/h4,6-8,13-14,17H,2-3,5,9-12,15-16H2,1H3,(H3,21,22,23)/b18-17+. The van der Waals surface area contributed by atoms with Gasteiger partial charge >= 0.3 is 0 Å². The van der Waals surface area contributed by atoms with E-state index in [1.807, 2.05) is 12.3 Å². The molecule has 126 valence electrons. The zero-order valence-electron chi connectivity index (χ0n) is 14.4. The van der Waals surface area contributed by atoms with Crippen LogP contribution in [-0.4, -0.2) is 12.5 Å². The molecule has 0 aromatic heterocycles. The molecule has 1 rings (SSSR count). The second-order valence-electron chi connectivity index (χ2n) is 5.73. The van der Waals surface area contributed by atoms with Crippen molar-refractivity contribution in [2.75, 3.05) is 6.54 Å². The number of nitrogens with one attached hydrogen (secondary N) is 1. The zero-order valence-corrected chi connectivity index (χ0v) is 14.4. The highest BCUT2D eigenvalue weighted by molar-refractivity contribution is 5.78. The van der Waals surface area contributed by atoms with Crippen LogP contribution in [0.15, 0.2) is 59.8 Å². The molecule has 1 aromatic rings. The number of rotatable bonds is 11. The lowest BCUT2D eigenvalue weighted by Gasteiger charge is -2.05. The Kier molecular flexibility index (Phi) is 10.3. The number of aryl methyl sites for hydroxylation is 1. The van der Waals surface area contributed by atoms with E-state index in [0.717, 1.165) is 32.2 Å². The summed E-state index contributed by atoms with van der Waals surface area (Å²) in [7, 11) is 0. The Morgan fingerprint density at radius 1 is 1.17 bits per heavy atom. The van der Waals surface area contributed by atoms with Crippen LogP contribution in [0.25, 0.3) is 0 Å². The summed E-state index contributed by atoms with van der Waals surface area (Å²) in [5.41, 5.74) is 8.42. The summed E-state index contributed by atoms with van der Waals surface area (Å²) in [6, 6.07) is 10.6. The Balaban J connectivity index is 2.25. The first-order chi connectivity index (χ1) is 11.3. The zero-order chi connectivity index (χ0) is 16.8. The molecule has 23 heavy (non-hydrogen) atoms. The minimum absolute atomic E-state index is 0.490. The normalized spacial score (nSPS) is 12.2. The number of aliphatic imine (C=N–C) groups is 1. The highest BCUT2D eigenvalue weighted by Gasteiger charge is 1.96. The van der Waals surface area contributed by atoms with E-state index in [0.29, 0.717) is 5.96 Å².